The van der Waals surface area contributed by atoms with Crippen molar-refractivity contribution in [2.24, 2.45) is 0 Å². The Kier molecular flexibility index (Phi) is 5.07. The Hall–Kier alpha value is -3.19. The lowest BCUT2D eigenvalue weighted by atomic mass is 10.2. The third kappa shape index (κ3) is 3.73. The number of halogens is 1. The van der Waals surface area contributed by atoms with Crippen molar-refractivity contribution in [1.82, 2.24) is 4.98 Å². The molecule has 2 N–H and O–H groups in total. The number of aromatic nitrogens is 1. The highest BCUT2D eigenvalue weighted by Gasteiger charge is 2.32. The first kappa shape index (κ1) is 19.1. The number of nitrogens with zero attached hydrogens (tertiary/aromatic N) is 2. The van der Waals surface area contributed by atoms with E-state index in [9.17, 15) is 9.50 Å². The van der Waals surface area contributed by atoms with Crippen molar-refractivity contribution in [2.45, 2.75) is 20.0 Å². The van der Waals surface area contributed by atoms with Crippen LogP contribution in [0.15, 0.2) is 59.7 Å². The Bertz CT molecular complexity index is 1090. The van der Waals surface area contributed by atoms with Crippen LogP contribution in [0, 0.1) is 11.2 Å². The molecule has 0 atom stereocenters. The van der Waals surface area contributed by atoms with Gasteiger partial charge in [0, 0.05) is 10.9 Å². The molecule has 0 amide bonds. The van der Waals surface area contributed by atoms with Crippen molar-refractivity contribution in [1.29, 1.82) is 5.41 Å². The minimum absolute atomic E-state index is 0.00815. The normalized spacial score (nSPS) is 14.2. The van der Waals surface area contributed by atoms with Crippen LogP contribution in [0.25, 0.3) is 16.8 Å². The van der Waals surface area contributed by atoms with Crippen LogP contribution in [0.3, 0.4) is 0 Å². The van der Waals surface area contributed by atoms with Crippen LogP contribution in [-0.4, -0.2) is 28.6 Å². The number of para-hydroxylation sites is 2. The summed E-state index contributed by atoms with van der Waals surface area (Å²) in [5, 5.41) is 21.7. The second kappa shape index (κ2) is 7.67. The Balaban J connectivity index is 1.64. The van der Waals surface area contributed by atoms with Gasteiger partial charge in [0.15, 0.2) is 0 Å². The van der Waals surface area contributed by atoms with Gasteiger partial charge in [0.2, 0.25) is 0 Å². The van der Waals surface area contributed by atoms with Gasteiger partial charge < -0.3 is 14.7 Å². The fourth-order valence-electron chi connectivity index (χ4n) is 3.19. The lowest BCUT2D eigenvalue weighted by molar-refractivity contribution is 0.243. The molecule has 29 heavy (non-hydrogen) atoms. The highest BCUT2D eigenvalue weighted by molar-refractivity contribution is 7.11. The number of ether oxygens (including phenoxy) is 1. The Morgan fingerprint density at radius 2 is 1.90 bits per heavy atom. The molecular formula is C22H20FN3O2S. The van der Waals surface area contributed by atoms with Gasteiger partial charge in [-0.2, -0.15) is 0 Å². The first-order chi connectivity index (χ1) is 13.9. The summed E-state index contributed by atoms with van der Waals surface area (Å²) in [4.78, 5) is 6.28. The molecule has 2 heterocycles. The van der Waals surface area contributed by atoms with Crippen LogP contribution in [0.1, 0.15) is 18.9 Å². The molecule has 0 radical (unpaired) electrons. The molecule has 0 fully saturated rings. The van der Waals surface area contributed by atoms with Gasteiger partial charge in [-0.25, -0.2) is 9.37 Å². The molecule has 7 heteroatoms. The van der Waals surface area contributed by atoms with E-state index in [1.807, 2.05) is 43.5 Å². The van der Waals surface area contributed by atoms with Gasteiger partial charge in [-0.3, -0.25) is 5.41 Å². The highest BCUT2D eigenvalue weighted by Crippen LogP contribution is 2.38. The van der Waals surface area contributed by atoms with E-state index in [0.29, 0.717) is 22.0 Å². The van der Waals surface area contributed by atoms with Crippen molar-refractivity contribution >= 4 is 28.4 Å². The van der Waals surface area contributed by atoms with Crippen molar-refractivity contribution in [3.63, 3.8) is 0 Å². The van der Waals surface area contributed by atoms with Gasteiger partial charge in [0.1, 0.15) is 28.2 Å². The van der Waals surface area contributed by atoms with E-state index in [0.717, 1.165) is 11.3 Å². The number of benzene rings is 2. The number of amidine groups is 1. The first-order valence-electron chi connectivity index (χ1n) is 9.20. The smallest absolute Gasteiger partial charge is 0.143 e. The van der Waals surface area contributed by atoms with E-state index in [4.69, 9.17) is 10.1 Å². The minimum atomic E-state index is -0.306. The summed E-state index contributed by atoms with van der Waals surface area (Å²) in [6, 6.07) is 13.6. The fourth-order valence-corrected chi connectivity index (χ4v) is 4.08. The summed E-state index contributed by atoms with van der Waals surface area (Å²) in [5.74, 6) is 0.615. The average Bonchev–Trinajstić information content (AvgIpc) is 3.27. The largest absolute Gasteiger partial charge is 0.510 e. The predicted octanol–water partition coefficient (Wildman–Crippen LogP) is 5.50. The number of aliphatic hydroxyl groups is 1. The molecule has 2 aromatic carbocycles. The summed E-state index contributed by atoms with van der Waals surface area (Å²) >= 11 is 1.34. The quantitative estimate of drug-likeness (QED) is 0.584. The van der Waals surface area contributed by atoms with Crippen LogP contribution in [0.2, 0.25) is 0 Å². The van der Waals surface area contributed by atoms with Gasteiger partial charge in [-0.05, 0) is 50.2 Å². The molecule has 0 aliphatic carbocycles. The number of rotatable bonds is 5. The van der Waals surface area contributed by atoms with Crippen LogP contribution in [0.4, 0.5) is 10.1 Å². The first-order valence-corrected chi connectivity index (χ1v) is 10.1. The molecule has 1 aliphatic rings. The minimum Gasteiger partial charge on any atom is -0.510 e. The molecule has 1 aliphatic heterocycles. The van der Waals surface area contributed by atoms with E-state index in [2.05, 4.69) is 4.98 Å². The Morgan fingerprint density at radius 1 is 1.17 bits per heavy atom. The Labute approximate surface area is 172 Å². The molecule has 5 nitrogen and oxygen atoms in total. The number of thiazole rings is 1. The molecule has 4 rings (SSSR count). The van der Waals surface area contributed by atoms with Crippen molar-refractivity contribution < 1.29 is 14.2 Å². The summed E-state index contributed by atoms with van der Waals surface area (Å²) < 4.78 is 19.0. The van der Waals surface area contributed by atoms with Crippen LogP contribution < -0.4 is 9.64 Å². The lowest BCUT2D eigenvalue weighted by Gasteiger charge is -2.23. The third-order valence-corrected chi connectivity index (χ3v) is 5.34. The maximum Gasteiger partial charge on any atom is 0.143 e. The average molecular weight is 409 g/mol. The number of anilines is 1. The van der Waals surface area contributed by atoms with Gasteiger partial charge in [-0.15, -0.1) is 11.3 Å². The summed E-state index contributed by atoms with van der Waals surface area (Å²) in [6.07, 6.45) is -0.00815. The topological polar surface area (TPSA) is 69.4 Å². The third-order valence-electron chi connectivity index (χ3n) is 4.48. The molecule has 1 aromatic heterocycles. The van der Waals surface area contributed by atoms with E-state index in [-0.39, 0.29) is 30.1 Å². The molecule has 0 saturated carbocycles. The summed E-state index contributed by atoms with van der Waals surface area (Å²) in [5.41, 5.74) is 2.59. The number of hydrogen-bond donors (Lipinski definition) is 2. The zero-order chi connectivity index (χ0) is 20.5. The zero-order valence-corrected chi connectivity index (χ0v) is 16.8. The van der Waals surface area contributed by atoms with E-state index < -0.39 is 0 Å². The molecular weight excluding hydrogens is 389 g/mol. The number of hydrogen-bond acceptors (Lipinski definition) is 5. The van der Waals surface area contributed by atoms with E-state index >= 15 is 0 Å². The number of aliphatic hydroxyl groups excluding tert-OH is 1. The summed E-state index contributed by atoms with van der Waals surface area (Å²) in [7, 11) is 0. The van der Waals surface area contributed by atoms with Crippen molar-refractivity contribution in [3.8, 4) is 17.0 Å². The lowest BCUT2D eigenvalue weighted by Crippen LogP contribution is -2.27. The highest BCUT2D eigenvalue weighted by atomic mass is 32.1. The van der Waals surface area contributed by atoms with Crippen molar-refractivity contribution in [3.05, 3.63) is 70.5 Å². The van der Waals surface area contributed by atoms with E-state index in [1.54, 1.807) is 17.0 Å². The zero-order valence-electron chi connectivity index (χ0n) is 16.0. The monoisotopic (exact) mass is 409 g/mol. The second-order valence-corrected chi connectivity index (χ2v) is 7.79. The molecule has 3 aromatic rings. The summed E-state index contributed by atoms with van der Waals surface area (Å²) in [6.45, 7) is 4.07. The van der Waals surface area contributed by atoms with Crippen LogP contribution >= 0.6 is 11.3 Å². The van der Waals surface area contributed by atoms with Crippen LogP contribution in [0.5, 0.6) is 5.75 Å². The van der Waals surface area contributed by atoms with Crippen molar-refractivity contribution in [2.75, 3.05) is 11.4 Å². The maximum absolute atomic E-state index is 13.2. The van der Waals surface area contributed by atoms with Gasteiger partial charge in [0.25, 0.3) is 0 Å². The second-order valence-electron chi connectivity index (χ2n) is 6.94. The molecule has 0 spiro atoms. The molecule has 148 valence electrons. The molecule has 0 unspecified atom stereocenters. The Morgan fingerprint density at radius 3 is 2.62 bits per heavy atom. The maximum atomic E-state index is 13.2. The predicted molar refractivity (Wildman–Crippen MR) is 114 cm³/mol. The van der Waals surface area contributed by atoms with Gasteiger partial charge in [0.05, 0.1) is 29.6 Å². The number of nitrogens with one attached hydrogen (secondary N) is 1. The SMILES string of the molecule is CC(C)Oc1ccccc1N1CC(O)=C(c2nc(-c3ccc(F)cc3)cs2)C1=N. The van der Waals surface area contributed by atoms with Gasteiger partial charge >= 0.3 is 0 Å². The van der Waals surface area contributed by atoms with Crippen LogP contribution in [-0.2, 0) is 0 Å². The van der Waals surface area contributed by atoms with E-state index in [1.165, 1.54) is 23.5 Å². The fraction of sp³-hybridized carbons (Fsp3) is 0.182. The molecule has 0 bridgehead atoms. The van der Waals surface area contributed by atoms with Gasteiger partial charge in [-0.1, -0.05) is 12.1 Å². The molecule has 0 saturated heterocycles. The standard InChI is InChI=1S/C22H20FN3O2S/c1-13(2)28-19-6-4-3-5-17(19)26-11-18(27)20(21(26)24)22-25-16(12-29-22)14-7-9-15(23)10-8-14/h3-10,12-13,24,27H,11H2,1-2H3.